The molecule has 0 amide bonds. The zero-order chi connectivity index (χ0) is 74.3. The molecule has 13 aromatic rings. The normalized spacial score (nSPS) is 21.9. The van der Waals surface area contributed by atoms with Crippen molar-refractivity contribution < 1.29 is 56.8 Å². The molecule has 2 saturated heterocycles. The van der Waals surface area contributed by atoms with Gasteiger partial charge in [0.2, 0.25) is 11.6 Å². The highest BCUT2D eigenvalue weighted by molar-refractivity contribution is 14.1. The summed E-state index contributed by atoms with van der Waals surface area (Å²) >= 11 is 5.93. The summed E-state index contributed by atoms with van der Waals surface area (Å²) in [5.41, 5.74) is 16.5. The van der Waals surface area contributed by atoms with Crippen LogP contribution in [0.4, 0.5) is 0 Å². The number of thiophene rings is 2. The smallest absolute Gasteiger partial charge is 0.226 e. The van der Waals surface area contributed by atoms with E-state index in [4.69, 9.17) is 56.8 Å². The predicted octanol–water partition coefficient (Wildman–Crippen LogP) is 20.7. The standard InChI is InChI=1S/C52H50O6S.C43H39IO6S/c1-2-37-23-25-38(26-24-37)27-44-36-59-48-28-43-34-57-52(46(43)29-45(44)48)51(56-33-42-21-13-6-14-22-42)50(55-32-41-19-11-5-12-20-41)49(54-31-40-17-9-4-10-18-40)47(58-52)35-53-30-39-15-7-3-8-16-39;44-37-29-51-39-21-34-27-49-43(36(34)22-35(37)39)42(48-26-33-19-11-4-12-20-33)41(47-25-32-17-9-3-10-18-32)40(46-24-31-15-7-2-8-16-31)38(50-43)28-45-23-30-13-5-1-6-14-30/h3-26,28-29,36,47,49-51H,2,27,30-35H2,1H3;1-22,29,38,40-42H,23-28H2/t47-,49-,50+,51-,52+;38-,40-,41+,42-,43+/m11/s1. The molecule has 110 heavy (non-hydrogen) atoms. The molecule has 0 radical (unpaired) electrons. The number of hydrogen-bond acceptors (Lipinski definition) is 14. The van der Waals surface area contributed by atoms with Crippen LogP contribution in [0.25, 0.3) is 20.2 Å². The summed E-state index contributed by atoms with van der Waals surface area (Å²) in [4.78, 5) is 0. The molecule has 4 aliphatic heterocycles. The zero-order valence-electron chi connectivity index (χ0n) is 61.5. The second kappa shape index (κ2) is 36.4. The molecular formula is C95H89IO12S2. The van der Waals surface area contributed by atoms with E-state index in [1.165, 1.54) is 40.4 Å². The molecule has 0 unspecified atom stereocenters. The van der Waals surface area contributed by atoms with Gasteiger partial charge in [-0.1, -0.05) is 274 Å². The topological polar surface area (TPSA) is 111 Å². The van der Waals surface area contributed by atoms with Crippen LogP contribution < -0.4 is 0 Å². The Bertz CT molecular complexity index is 5030. The molecule has 17 rings (SSSR count). The Labute approximate surface area is 665 Å². The monoisotopic (exact) mass is 1610 g/mol. The van der Waals surface area contributed by atoms with Gasteiger partial charge in [-0.25, -0.2) is 0 Å². The first-order valence-corrected chi connectivity index (χ1v) is 40.8. The van der Waals surface area contributed by atoms with Crippen molar-refractivity contribution in [2.24, 2.45) is 0 Å². The first kappa shape index (κ1) is 75.6. The first-order chi connectivity index (χ1) is 54.3. The lowest BCUT2D eigenvalue weighted by atomic mass is 9.86. The van der Waals surface area contributed by atoms with E-state index in [-0.39, 0.29) is 13.2 Å². The second-order valence-corrected chi connectivity index (χ2v) is 31.4. The number of benzene rings is 11. The van der Waals surface area contributed by atoms with Crippen LogP contribution >= 0.6 is 45.3 Å². The van der Waals surface area contributed by atoms with E-state index >= 15 is 0 Å². The van der Waals surface area contributed by atoms with Crippen LogP contribution in [0.1, 0.15) is 90.4 Å². The molecule has 0 bridgehead atoms. The second-order valence-electron chi connectivity index (χ2n) is 28.4. The van der Waals surface area contributed by atoms with Crippen LogP contribution in [-0.2, 0) is 147 Å². The van der Waals surface area contributed by atoms with E-state index in [0.717, 1.165) is 79.6 Å². The Hall–Kier alpha value is -8.41. The molecule has 0 saturated carbocycles. The van der Waals surface area contributed by atoms with Crippen molar-refractivity contribution in [1.29, 1.82) is 0 Å². The Kier molecular flexibility index (Phi) is 25.0. The molecule has 6 heterocycles. The van der Waals surface area contributed by atoms with E-state index in [1.54, 1.807) is 22.7 Å². The van der Waals surface area contributed by atoms with E-state index < -0.39 is 60.4 Å². The predicted molar refractivity (Wildman–Crippen MR) is 440 cm³/mol. The Morgan fingerprint density at radius 1 is 0.345 bits per heavy atom. The van der Waals surface area contributed by atoms with Gasteiger partial charge in [0.15, 0.2) is 0 Å². The average molecular weight is 1610 g/mol. The quantitative estimate of drug-likeness (QED) is 0.0416. The summed E-state index contributed by atoms with van der Waals surface area (Å²) in [6.07, 6.45) is -2.95. The lowest BCUT2D eigenvalue weighted by Gasteiger charge is -2.51. The lowest BCUT2D eigenvalue weighted by Crippen LogP contribution is -2.65. The van der Waals surface area contributed by atoms with Gasteiger partial charge in [0.05, 0.1) is 79.3 Å². The third-order valence-electron chi connectivity index (χ3n) is 20.9. The first-order valence-electron chi connectivity index (χ1n) is 37.9. The van der Waals surface area contributed by atoms with Crippen molar-refractivity contribution in [3.63, 3.8) is 0 Å². The Balaban J connectivity index is 0.000000169. The largest absolute Gasteiger partial charge is 0.374 e. The molecule has 12 nitrogen and oxygen atoms in total. The highest BCUT2D eigenvalue weighted by atomic mass is 127. The fourth-order valence-electron chi connectivity index (χ4n) is 15.3. The Morgan fingerprint density at radius 2 is 0.664 bits per heavy atom. The molecule has 11 aromatic carbocycles. The SMILES string of the molecule is CCc1ccc(Cc2csc3cc4c(cc23)[C@]2(OC4)O[C@H](COCc3ccccc3)[C@@H](OCc3ccccc3)[C@H](OCc3ccccc3)[C@H]2OCc2ccccc2)cc1.Ic1csc2cc3c(cc12)[C@]1(OC3)O[C@H](COCc2ccccc2)[C@@H](OCc2ccccc2)[C@H](OCc2ccccc2)[C@H]1OCc1ccccc1. The van der Waals surface area contributed by atoms with Gasteiger partial charge in [0.25, 0.3) is 0 Å². The number of aryl methyl sites for hydroxylation is 1. The van der Waals surface area contributed by atoms with Gasteiger partial charge in [-0.15, -0.1) is 22.7 Å². The van der Waals surface area contributed by atoms with Crippen LogP contribution in [0.5, 0.6) is 0 Å². The third-order valence-corrected chi connectivity index (χ3v) is 24.2. The van der Waals surface area contributed by atoms with Crippen molar-refractivity contribution in [2.45, 2.75) is 146 Å². The molecule has 4 aliphatic rings. The van der Waals surface area contributed by atoms with Gasteiger partial charge in [-0.05, 0) is 143 Å². The van der Waals surface area contributed by atoms with Gasteiger partial charge in [-0.3, -0.25) is 0 Å². The van der Waals surface area contributed by atoms with Crippen molar-refractivity contribution in [3.8, 4) is 0 Å². The van der Waals surface area contributed by atoms with Crippen molar-refractivity contribution in [2.75, 3.05) is 13.2 Å². The average Bonchev–Trinajstić information content (AvgIpc) is 1.54. The highest BCUT2D eigenvalue weighted by Gasteiger charge is 2.63. The molecule has 10 atom stereocenters. The molecule has 0 N–H and O–H groups in total. The van der Waals surface area contributed by atoms with Gasteiger partial charge in [0.1, 0.15) is 48.8 Å². The number of hydrogen-bond donors (Lipinski definition) is 0. The fraction of sp³-hybridized carbons (Fsp3) is 0.263. The van der Waals surface area contributed by atoms with Crippen LogP contribution in [0, 0.1) is 3.57 Å². The van der Waals surface area contributed by atoms with E-state index in [1.807, 2.05) is 146 Å². The maximum Gasteiger partial charge on any atom is 0.226 e. The maximum absolute atomic E-state index is 7.42. The summed E-state index contributed by atoms with van der Waals surface area (Å²) in [6.45, 7) is 6.49. The number of rotatable bonds is 29. The summed E-state index contributed by atoms with van der Waals surface area (Å²) in [7, 11) is 0. The van der Waals surface area contributed by atoms with Gasteiger partial charge in [-0.2, -0.15) is 0 Å². The maximum atomic E-state index is 7.42. The molecule has 2 spiro atoms. The lowest BCUT2D eigenvalue weighted by molar-refractivity contribution is -0.387. The molecule has 15 heteroatoms. The van der Waals surface area contributed by atoms with Crippen molar-refractivity contribution in [3.05, 3.63) is 389 Å². The van der Waals surface area contributed by atoms with Crippen molar-refractivity contribution in [1.82, 2.24) is 0 Å². The summed E-state index contributed by atoms with van der Waals surface area (Å²) in [5.74, 6) is -2.58. The number of ether oxygens (including phenoxy) is 12. The Morgan fingerprint density at radius 3 is 1.04 bits per heavy atom. The van der Waals surface area contributed by atoms with Crippen molar-refractivity contribution >= 4 is 65.4 Å². The third kappa shape index (κ3) is 17.7. The fourth-order valence-corrected chi connectivity index (χ4v) is 18.1. The number of halogens is 1. The highest BCUT2D eigenvalue weighted by Crippen LogP contribution is 2.53. The van der Waals surface area contributed by atoms with E-state index in [9.17, 15) is 0 Å². The van der Waals surface area contributed by atoms with Crippen LogP contribution in [0.15, 0.2) is 302 Å². The minimum Gasteiger partial charge on any atom is -0.374 e. The molecule has 560 valence electrons. The summed E-state index contributed by atoms with van der Waals surface area (Å²) in [6, 6.07) is 99.8. The minimum absolute atomic E-state index is 0.255. The molecular weight excluding hydrogens is 1520 g/mol. The van der Waals surface area contributed by atoms with Crippen LogP contribution in [0.3, 0.4) is 0 Å². The summed E-state index contributed by atoms with van der Waals surface area (Å²) < 4.78 is 87.2. The molecule has 2 aromatic heterocycles. The minimum atomic E-state index is -1.31. The number of fused-ring (bicyclic) bond motifs is 6. The summed E-state index contributed by atoms with van der Waals surface area (Å²) in [5, 5.41) is 6.87. The van der Waals surface area contributed by atoms with Crippen LogP contribution in [0.2, 0.25) is 0 Å². The van der Waals surface area contributed by atoms with E-state index in [2.05, 4.69) is 186 Å². The molecule has 0 aliphatic carbocycles. The van der Waals surface area contributed by atoms with Gasteiger partial charge in [0, 0.05) is 34.9 Å². The van der Waals surface area contributed by atoms with Crippen LogP contribution in [-0.4, -0.2) is 62.0 Å². The zero-order valence-corrected chi connectivity index (χ0v) is 65.3. The van der Waals surface area contributed by atoms with E-state index in [0.29, 0.717) is 66.1 Å². The molecule has 2 fully saturated rings. The van der Waals surface area contributed by atoms with Gasteiger partial charge >= 0.3 is 0 Å². The van der Waals surface area contributed by atoms with Gasteiger partial charge < -0.3 is 56.8 Å².